The van der Waals surface area contributed by atoms with Crippen LogP contribution >= 0.6 is 0 Å². The third-order valence-corrected chi connectivity index (χ3v) is 3.88. The Kier molecular flexibility index (Phi) is 6.43. The molecule has 7 nitrogen and oxygen atoms in total. The van der Waals surface area contributed by atoms with Crippen molar-refractivity contribution in [3.8, 4) is 0 Å². The molecule has 0 saturated heterocycles. The van der Waals surface area contributed by atoms with E-state index in [-0.39, 0.29) is 11.4 Å². The lowest BCUT2D eigenvalue weighted by Crippen LogP contribution is -2.31. The summed E-state index contributed by atoms with van der Waals surface area (Å²) >= 11 is 0. The van der Waals surface area contributed by atoms with Crippen LogP contribution < -0.4 is 5.32 Å². The molecule has 0 unspecified atom stereocenters. The number of non-ortho nitro benzene ring substituents is 1. The van der Waals surface area contributed by atoms with Crippen molar-refractivity contribution in [1.82, 2.24) is 0 Å². The van der Waals surface area contributed by atoms with Gasteiger partial charge in [-0.1, -0.05) is 43.3 Å². The Morgan fingerprint density at radius 1 is 1.15 bits per heavy atom. The quantitative estimate of drug-likeness (QED) is 0.464. The first-order chi connectivity index (χ1) is 12.4. The van der Waals surface area contributed by atoms with E-state index in [4.69, 9.17) is 4.74 Å². The Morgan fingerprint density at radius 3 is 2.46 bits per heavy atom. The van der Waals surface area contributed by atoms with Gasteiger partial charge in [-0.05, 0) is 25.0 Å². The van der Waals surface area contributed by atoms with Gasteiger partial charge in [0, 0.05) is 17.8 Å². The number of nitrogens with zero attached hydrogens (tertiary/aromatic N) is 1. The van der Waals surface area contributed by atoms with Crippen LogP contribution in [0.2, 0.25) is 0 Å². The van der Waals surface area contributed by atoms with Gasteiger partial charge in [0.25, 0.3) is 11.6 Å². The molecule has 0 fully saturated rings. The summed E-state index contributed by atoms with van der Waals surface area (Å²) in [5.41, 5.74) is 0.955. The molecular weight excluding hydrogens is 336 g/mol. The molecule has 136 valence electrons. The van der Waals surface area contributed by atoms with Crippen molar-refractivity contribution in [2.45, 2.75) is 32.3 Å². The molecule has 0 heterocycles. The van der Waals surface area contributed by atoms with Crippen molar-refractivity contribution < 1.29 is 19.2 Å². The number of esters is 1. The number of hydrogen-bond acceptors (Lipinski definition) is 5. The summed E-state index contributed by atoms with van der Waals surface area (Å²) in [6.45, 7) is 3.33. The summed E-state index contributed by atoms with van der Waals surface area (Å²) in [7, 11) is 0. The molecule has 2 rings (SSSR count). The van der Waals surface area contributed by atoms with Crippen molar-refractivity contribution in [3.05, 3.63) is 70.3 Å². The number of nitro groups is 1. The van der Waals surface area contributed by atoms with Crippen LogP contribution in [-0.2, 0) is 14.3 Å². The Bertz CT molecular complexity index is 792. The van der Waals surface area contributed by atoms with Gasteiger partial charge in [0.2, 0.25) is 0 Å². The van der Waals surface area contributed by atoms with Gasteiger partial charge in [-0.2, -0.15) is 0 Å². The highest BCUT2D eigenvalue weighted by molar-refractivity contribution is 5.95. The number of nitrogens with one attached hydrogen (secondary N) is 1. The van der Waals surface area contributed by atoms with Crippen LogP contribution in [-0.4, -0.2) is 22.9 Å². The third-order valence-electron chi connectivity index (χ3n) is 3.88. The summed E-state index contributed by atoms with van der Waals surface area (Å²) in [4.78, 5) is 34.8. The van der Waals surface area contributed by atoms with Gasteiger partial charge in [-0.3, -0.25) is 19.7 Å². The molecule has 1 N–H and O–H groups in total. The second kappa shape index (κ2) is 8.75. The van der Waals surface area contributed by atoms with Gasteiger partial charge < -0.3 is 10.1 Å². The molecule has 0 aliphatic carbocycles. The maximum absolute atomic E-state index is 12.4. The summed E-state index contributed by atoms with van der Waals surface area (Å²) in [6.07, 6.45) is -0.485. The predicted molar refractivity (Wildman–Crippen MR) is 96.8 cm³/mol. The summed E-state index contributed by atoms with van der Waals surface area (Å²) in [5.74, 6) is -1.49. The van der Waals surface area contributed by atoms with E-state index in [9.17, 15) is 19.7 Å². The molecule has 0 aromatic heterocycles. The van der Waals surface area contributed by atoms with Crippen LogP contribution in [0.3, 0.4) is 0 Å². The van der Waals surface area contributed by atoms with E-state index in [1.807, 2.05) is 37.3 Å². The normalized spacial score (nSPS) is 12.7. The molecule has 7 heteroatoms. The Hall–Kier alpha value is -3.22. The molecule has 2 aromatic rings. The van der Waals surface area contributed by atoms with Crippen molar-refractivity contribution >= 4 is 23.3 Å². The average molecular weight is 356 g/mol. The lowest BCUT2D eigenvalue weighted by atomic mass is 9.97. The van der Waals surface area contributed by atoms with E-state index in [0.717, 1.165) is 5.56 Å². The van der Waals surface area contributed by atoms with Crippen LogP contribution in [0.1, 0.15) is 31.7 Å². The molecule has 0 saturated carbocycles. The fraction of sp³-hybridized carbons (Fsp3) is 0.263. The lowest BCUT2D eigenvalue weighted by Gasteiger charge is -2.18. The summed E-state index contributed by atoms with van der Waals surface area (Å²) in [5, 5.41) is 13.3. The van der Waals surface area contributed by atoms with Gasteiger partial charge >= 0.3 is 5.97 Å². The lowest BCUT2D eigenvalue weighted by molar-refractivity contribution is -0.384. The van der Waals surface area contributed by atoms with E-state index in [1.165, 1.54) is 31.2 Å². The van der Waals surface area contributed by atoms with Crippen molar-refractivity contribution in [3.63, 3.8) is 0 Å². The number of hydrogen-bond donors (Lipinski definition) is 1. The van der Waals surface area contributed by atoms with Gasteiger partial charge in [0.1, 0.15) is 0 Å². The number of rotatable bonds is 7. The number of carbonyl (C=O) groups excluding carboxylic acids is 2. The van der Waals surface area contributed by atoms with Crippen LogP contribution in [0.5, 0.6) is 0 Å². The SMILES string of the molecule is CC[C@@H](C(=O)O[C@@H](C)C(=O)Nc1cccc([N+](=O)[O-])c1)c1ccccc1. The highest BCUT2D eigenvalue weighted by Gasteiger charge is 2.25. The molecule has 0 bridgehead atoms. The molecule has 1 amide bonds. The first kappa shape index (κ1) is 19.1. The van der Waals surface area contributed by atoms with Crippen LogP contribution in [0, 0.1) is 10.1 Å². The van der Waals surface area contributed by atoms with Gasteiger partial charge in [-0.15, -0.1) is 0 Å². The Morgan fingerprint density at radius 2 is 1.85 bits per heavy atom. The zero-order valence-corrected chi connectivity index (χ0v) is 14.5. The number of anilines is 1. The van der Waals surface area contributed by atoms with Gasteiger partial charge in [0.15, 0.2) is 6.10 Å². The maximum Gasteiger partial charge on any atom is 0.314 e. The molecule has 0 aliphatic heterocycles. The first-order valence-corrected chi connectivity index (χ1v) is 8.23. The number of amides is 1. The minimum absolute atomic E-state index is 0.137. The second-order valence-electron chi connectivity index (χ2n) is 5.75. The summed E-state index contributed by atoms with van der Waals surface area (Å²) in [6, 6.07) is 14.8. The zero-order chi connectivity index (χ0) is 19.1. The van der Waals surface area contributed by atoms with E-state index >= 15 is 0 Å². The van der Waals surface area contributed by atoms with E-state index in [0.29, 0.717) is 6.42 Å². The monoisotopic (exact) mass is 356 g/mol. The molecule has 2 atom stereocenters. The topological polar surface area (TPSA) is 98.5 Å². The van der Waals surface area contributed by atoms with E-state index < -0.39 is 28.8 Å². The molecule has 26 heavy (non-hydrogen) atoms. The fourth-order valence-electron chi connectivity index (χ4n) is 2.47. The van der Waals surface area contributed by atoms with Crippen molar-refractivity contribution in [1.29, 1.82) is 0 Å². The van der Waals surface area contributed by atoms with Crippen molar-refractivity contribution in [2.75, 3.05) is 5.32 Å². The minimum Gasteiger partial charge on any atom is -0.452 e. The average Bonchev–Trinajstić information content (AvgIpc) is 2.63. The zero-order valence-electron chi connectivity index (χ0n) is 14.5. The number of ether oxygens (including phenoxy) is 1. The molecule has 2 aromatic carbocycles. The Balaban J connectivity index is 2.01. The first-order valence-electron chi connectivity index (χ1n) is 8.23. The maximum atomic E-state index is 12.4. The number of carbonyl (C=O) groups is 2. The van der Waals surface area contributed by atoms with Crippen molar-refractivity contribution in [2.24, 2.45) is 0 Å². The van der Waals surface area contributed by atoms with Crippen LogP contribution in [0.4, 0.5) is 11.4 Å². The summed E-state index contributed by atoms with van der Waals surface area (Å²) < 4.78 is 5.28. The fourth-order valence-corrected chi connectivity index (χ4v) is 2.47. The highest BCUT2D eigenvalue weighted by Crippen LogP contribution is 2.22. The molecule has 0 aliphatic rings. The minimum atomic E-state index is -1.03. The second-order valence-corrected chi connectivity index (χ2v) is 5.75. The number of nitro benzene ring substituents is 1. The van der Waals surface area contributed by atoms with E-state index in [1.54, 1.807) is 0 Å². The molecule has 0 spiro atoms. The van der Waals surface area contributed by atoms with E-state index in [2.05, 4.69) is 5.32 Å². The van der Waals surface area contributed by atoms with Gasteiger partial charge in [0.05, 0.1) is 10.8 Å². The molecular formula is C19H20N2O5. The highest BCUT2D eigenvalue weighted by atomic mass is 16.6. The molecule has 0 radical (unpaired) electrons. The van der Waals surface area contributed by atoms with Crippen LogP contribution in [0.15, 0.2) is 54.6 Å². The third kappa shape index (κ3) is 4.89. The largest absolute Gasteiger partial charge is 0.452 e. The smallest absolute Gasteiger partial charge is 0.314 e. The van der Waals surface area contributed by atoms with Gasteiger partial charge in [-0.25, -0.2) is 0 Å². The standard InChI is InChI=1S/C19H20N2O5/c1-3-17(14-8-5-4-6-9-14)19(23)26-13(2)18(22)20-15-10-7-11-16(12-15)21(24)25/h4-13,17H,3H2,1-2H3,(H,20,22)/t13-,17+/m0/s1. The Labute approximate surface area is 151 Å². The number of benzene rings is 2. The van der Waals surface area contributed by atoms with Crippen LogP contribution in [0.25, 0.3) is 0 Å². The predicted octanol–water partition coefficient (Wildman–Crippen LogP) is 3.66.